The molecular formula is C7H12N2O3. The number of hydrogen-bond donors (Lipinski definition) is 3. The van der Waals surface area contributed by atoms with Crippen LogP contribution in [0, 0.1) is 0 Å². The van der Waals surface area contributed by atoms with Gasteiger partial charge in [-0.3, -0.25) is 4.79 Å². The predicted octanol–water partition coefficient (Wildman–Crippen LogP) is -0.403. The van der Waals surface area contributed by atoms with Gasteiger partial charge in [-0.05, 0) is 18.9 Å². The van der Waals surface area contributed by atoms with Crippen LogP contribution in [-0.2, 0) is 9.63 Å². The number of nitrogens with one attached hydrogen (secondary N) is 1. The van der Waals surface area contributed by atoms with Crippen LogP contribution >= 0.6 is 0 Å². The average Bonchev–Trinajstić information content (AvgIpc) is 2.36. The van der Waals surface area contributed by atoms with Gasteiger partial charge in [0.25, 0.3) is 0 Å². The van der Waals surface area contributed by atoms with E-state index in [9.17, 15) is 4.79 Å². The highest BCUT2D eigenvalue weighted by atomic mass is 16.7. The van der Waals surface area contributed by atoms with Crippen LogP contribution in [0.15, 0.2) is 11.3 Å². The van der Waals surface area contributed by atoms with Crippen molar-refractivity contribution in [2.24, 2.45) is 5.73 Å². The number of hydroxylamine groups is 1. The minimum Gasteiger partial charge on any atom is -0.480 e. The molecule has 0 radical (unpaired) electrons. The molecule has 0 fully saturated rings. The standard InChI is InChI=1S/C7H12N2O3/c1-4-5(3-9-12-4)2-6(8)7(10)11/h6,9H,2-3,8H2,1H3,(H,10,11). The molecule has 0 bridgehead atoms. The number of carbonyl (C=O) groups is 1. The summed E-state index contributed by atoms with van der Waals surface area (Å²) in [6.07, 6.45) is 0.341. The summed E-state index contributed by atoms with van der Waals surface area (Å²) < 4.78 is 0. The van der Waals surface area contributed by atoms with E-state index in [0.717, 1.165) is 11.3 Å². The Kier molecular flexibility index (Phi) is 2.67. The van der Waals surface area contributed by atoms with Crippen LogP contribution in [0.3, 0.4) is 0 Å². The van der Waals surface area contributed by atoms with Crippen LogP contribution < -0.4 is 11.2 Å². The molecule has 1 atom stereocenters. The summed E-state index contributed by atoms with van der Waals surface area (Å²) in [5, 5.41) is 8.52. The molecule has 0 saturated carbocycles. The summed E-state index contributed by atoms with van der Waals surface area (Å²) in [6, 6.07) is -0.835. The fourth-order valence-corrected chi connectivity index (χ4v) is 0.997. The van der Waals surface area contributed by atoms with Gasteiger partial charge in [0.05, 0.1) is 6.54 Å². The smallest absolute Gasteiger partial charge is 0.320 e. The van der Waals surface area contributed by atoms with Crippen molar-refractivity contribution in [3.8, 4) is 0 Å². The van der Waals surface area contributed by atoms with Gasteiger partial charge < -0.3 is 15.7 Å². The quantitative estimate of drug-likeness (QED) is 0.539. The number of carboxylic acid groups (broad SMARTS) is 1. The largest absolute Gasteiger partial charge is 0.480 e. The molecule has 0 aliphatic carbocycles. The van der Waals surface area contributed by atoms with Crippen LogP contribution in [0.2, 0.25) is 0 Å². The fraction of sp³-hybridized carbons (Fsp3) is 0.571. The molecule has 4 N–H and O–H groups in total. The first-order valence-electron chi connectivity index (χ1n) is 3.68. The molecule has 68 valence electrons. The maximum atomic E-state index is 10.4. The number of carboxylic acids is 1. The van der Waals surface area contributed by atoms with Crippen molar-refractivity contribution in [2.75, 3.05) is 6.54 Å². The lowest BCUT2D eigenvalue weighted by Gasteiger charge is -2.05. The van der Waals surface area contributed by atoms with Gasteiger partial charge in [-0.1, -0.05) is 0 Å². The molecule has 0 spiro atoms. The zero-order chi connectivity index (χ0) is 9.14. The molecule has 0 amide bonds. The predicted molar refractivity (Wildman–Crippen MR) is 42.0 cm³/mol. The monoisotopic (exact) mass is 172 g/mol. The number of nitrogens with two attached hydrogens (primary N) is 1. The van der Waals surface area contributed by atoms with Gasteiger partial charge in [-0.2, -0.15) is 5.48 Å². The van der Waals surface area contributed by atoms with Crippen molar-refractivity contribution < 1.29 is 14.7 Å². The lowest BCUT2D eigenvalue weighted by atomic mass is 10.1. The van der Waals surface area contributed by atoms with Crippen molar-refractivity contribution in [1.29, 1.82) is 0 Å². The Balaban J connectivity index is 2.51. The topological polar surface area (TPSA) is 84.6 Å². The van der Waals surface area contributed by atoms with Crippen LogP contribution in [-0.4, -0.2) is 23.7 Å². The highest BCUT2D eigenvalue weighted by Gasteiger charge is 2.19. The highest BCUT2D eigenvalue weighted by Crippen LogP contribution is 2.14. The zero-order valence-corrected chi connectivity index (χ0v) is 6.83. The second kappa shape index (κ2) is 3.55. The second-order valence-corrected chi connectivity index (χ2v) is 2.73. The van der Waals surface area contributed by atoms with Gasteiger partial charge in [0.1, 0.15) is 11.8 Å². The molecule has 1 rings (SSSR count). The van der Waals surface area contributed by atoms with Crippen molar-refractivity contribution in [3.05, 3.63) is 11.3 Å². The first-order valence-corrected chi connectivity index (χ1v) is 3.68. The van der Waals surface area contributed by atoms with E-state index in [1.165, 1.54) is 0 Å². The van der Waals surface area contributed by atoms with E-state index in [0.29, 0.717) is 13.0 Å². The minimum absolute atomic E-state index is 0.341. The first kappa shape index (κ1) is 9.02. The van der Waals surface area contributed by atoms with Crippen molar-refractivity contribution in [2.45, 2.75) is 19.4 Å². The van der Waals surface area contributed by atoms with Gasteiger partial charge in [-0.15, -0.1) is 0 Å². The first-order chi connectivity index (χ1) is 5.61. The van der Waals surface area contributed by atoms with Gasteiger partial charge in [0.2, 0.25) is 0 Å². The van der Waals surface area contributed by atoms with Crippen molar-refractivity contribution in [1.82, 2.24) is 5.48 Å². The third-order valence-electron chi connectivity index (χ3n) is 1.79. The third-order valence-corrected chi connectivity index (χ3v) is 1.79. The molecule has 1 aliphatic heterocycles. The molecule has 0 aromatic carbocycles. The van der Waals surface area contributed by atoms with E-state index in [1.807, 2.05) is 0 Å². The molecule has 1 unspecified atom stereocenters. The van der Waals surface area contributed by atoms with Crippen molar-refractivity contribution >= 4 is 5.97 Å². The third kappa shape index (κ3) is 1.96. The molecule has 5 heteroatoms. The molecule has 12 heavy (non-hydrogen) atoms. The van der Waals surface area contributed by atoms with E-state index < -0.39 is 12.0 Å². The molecular weight excluding hydrogens is 160 g/mol. The van der Waals surface area contributed by atoms with E-state index in [-0.39, 0.29) is 0 Å². The zero-order valence-electron chi connectivity index (χ0n) is 6.83. The average molecular weight is 172 g/mol. The minimum atomic E-state index is -0.984. The van der Waals surface area contributed by atoms with E-state index in [2.05, 4.69) is 5.48 Å². The number of hydrogen-bond acceptors (Lipinski definition) is 4. The normalized spacial score (nSPS) is 19.2. The van der Waals surface area contributed by atoms with Gasteiger partial charge in [-0.25, -0.2) is 0 Å². The number of allylic oxidation sites excluding steroid dienone is 1. The number of rotatable bonds is 3. The molecule has 1 aliphatic rings. The maximum absolute atomic E-state index is 10.4. The Labute approximate surface area is 70.1 Å². The van der Waals surface area contributed by atoms with Crippen molar-refractivity contribution in [3.63, 3.8) is 0 Å². The molecule has 5 nitrogen and oxygen atoms in total. The van der Waals surface area contributed by atoms with Gasteiger partial charge >= 0.3 is 5.97 Å². The molecule has 0 aromatic rings. The Bertz CT molecular complexity index is 225. The number of aliphatic carboxylic acids is 1. The summed E-state index contributed by atoms with van der Waals surface area (Å²) in [4.78, 5) is 15.3. The molecule has 0 aromatic heterocycles. The molecule has 1 heterocycles. The lowest BCUT2D eigenvalue weighted by Crippen LogP contribution is -2.31. The van der Waals surface area contributed by atoms with Gasteiger partial charge in [0.15, 0.2) is 0 Å². The Hall–Kier alpha value is -1.07. The summed E-state index contributed by atoms with van der Waals surface area (Å²) in [5.41, 5.74) is 8.91. The summed E-state index contributed by atoms with van der Waals surface area (Å²) in [7, 11) is 0. The van der Waals surface area contributed by atoms with Gasteiger partial charge in [0, 0.05) is 0 Å². The van der Waals surface area contributed by atoms with Crippen LogP contribution in [0.25, 0.3) is 0 Å². The Morgan fingerprint density at radius 2 is 2.58 bits per heavy atom. The summed E-state index contributed by atoms with van der Waals surface area (Å²) in [6.45, 7) is 2.34. The van der Waals surface area contributed by atoms with Crippen LogP contribution in [0.5, 0.6) is 0 Å². The van der Waals surface area contributed by atoms with E-state index >= 15 is 0 Å². The van der Waals surface area contributed by atoms with Crippen LogP contribution in [0.4, 0.5) is 0 Å². The lowest BCUT2D eigenvalue weighted by molar-refractivity contribution is -0.138. The summed E-state index contributed by atoms with van der Waals surface area (Å²) in [5.74, 6) is -0.256. The fourth-order valence-electron chi connectivity index (χ4n) is 0.997. The Morgan fingerprint density at radius 3 is 3.00 bits per heavy atom. The highest BCUT2D eigenvalue weighted by molar-refractivity contribution is 5.73. The maximum Gasteiger partial charge on any atom is 0.320 e. The second-order valence-electron chi connectivity index (χ2n) is 2.73. The Morgan fingerprint density at radius 1 is 1.92 bits per heavy atom. The SMILES string of the molecule is CC1=C(CC(N)C(=O)O)CNO1. The van der Waals surface area contributed by atoms with E-state index in [1.54, 1.807) is 6.92 Å². The van der Waals surface area contributed by atoms with E-state index in [4.69, 9.17) is 15.7 Å². The summed E-state index contributed by atoms with van der Waals surface area (Å²) >= 11 is 0. The molecule has 0 saturated heterocycles. The van der Waals surface area contributed by atoms with Crippen LogP contribution in [0.1, 0.15) is 13.3 Å².